The van der Waals surface area contributed by atoms with Gasteiger partial charge in [-0.25, -0.2) is 0 Å². The van der Waals surface area contributed by atoms with E-state index in [9.17, 15) is 5.11 Å². The monoisotopic (exact) mass is 332 g/mol. The molecule has 4 heteroatoms. The van der Waals surface area contributed by atoms with Crippen LogP contribution >= 0.6 is 11.6 Å². The number of hydrogen-bond acceptors (Lipinski definition) is 3. The predicted molar refractivity (Wildman–Crippen MR) is 97.1 cm³/mol. The molecule has 0 spiro atoms. The molecule has 0 aliphatic rings. The third kappa shape index (κ3) is 2.49. The highest BCUT2D eigenvalue weighted by atomic mass is 35.5. The van der Waals surface area contributed by atoms with E-state index >= 15 is 0 Å². The first-order chi connectivity index (χ1) is 11.7. The molecule has 0 bridgehead atoms. The number of fused-ring (bicyclic) bond motifs is 1. The Balaban J connectivity index is 2.12. The fraction of sp³-hybridized carbons (Fsp3) is 0. The fourth-order valence-corrected chi connectivity index (χ4v) is 3.06. The SMILES string of the molecule is Oc1cccc(-c2c(-c3ccccc3)nnc3c(Cl)cccc23)c1. The average molecular weight is 333 g/mol. The van der Waals surface area contributed by atoms with Gasteiger partial charge >= 0.3 is 0 Å². The molecule has 0 fully saturated rings. The van der Waals surface area contributed by atoms with E-state index in [-0.39, 0.29) is 5.75 Å². The van der Waals surface area contributed by atoms with E-state index < -0.39 is 0 Å². The van der Waals surface area contributed by atoms with Gasteiger partial charge in [0.15, 0.2) is 0 Å². The van der Waals surface area contributed by atoms with Crippen molar-refractivity contribution in [1.29, 1.82) is 0 Å². The zero-order chi connectivity index (χ0) is 16.5. The maximum Gasteiger partial charge on any atom is 0.116 e. The van der Waals surface area contributed by atoms with Gasteiger partial charge in [0.25, 0.3) is 0 Å². The number of nitrogens with zero attached hydrogens (tertiary/aromatic N) is 2. The van der Waals surface area contributed by atoms with E-state index in [4.69, 9.17) is 11.6 Å². The Morgan fingerprint density at radius 2 is 1.50 bits per heavy atom. The number of benzene rings is 3. The fourth-order valence-electron chi connectivity index (χ4n) is 2.85. The molecule has 4 aromatic rings. The van der Waals surface area contributed by atoms with E-state index in [0.717, 1.165) is 27.8 Å². The molecule has 0 saturated carbocycles. The average Bonchev–Trinajstić information content (AvgIpc) is 2.62. The maximum absolute atomic E-state index is 9.90. The quantitative estimate of drug-likeness (QED) is 0.540. The molecular weight excluding hydrogens is 320 g/mol. The van der Waals surface area contributed by atoms with Crippen LogP contribution in [0.4, 0.5) is 0 Å². The summed E-state index contributed by atoms with van der Waals surface area (Å²) in [5.41, 5.74) is 4.15. The Labute approximate surface area is 144 Å². The summed E-state index contributed by atoms with van der Waals surface area (Å²) in [5, 5.41) is 20.1. The molecule has 0 radical (unpaired) electrons. The number of aromatic nitrogens is 2. The van der Waals surface area contributed by atoms with Gasteiger partial charge in [0.05, 0.1) is 5.02 Å². The lowest BCUT2D eigenvalue weighted by molar-refractivity contribution is 0.475. The number of hydrogen-bond donors (Lipinski definition) is 1. The van der Waals surface area contributed by atoms with Crippen LogP contribution < -0.4 is 0 Å². The minimum absolute atomic E-state index is 0.207. The summed E-state index contributed by atoms with van der Waals surface area (Å²) in [6.07, 6.45) is 0. The second-order valence-electron chi connectivity index (χ2n) is 5.48. The zero-order valence-corrected chi connectivity index (χ0v) is 13.4. The van der Waals surface area contributed by atoms with E-state index in [0.29, 0.717) is 10.5 Å². The van der Waals surface area contributed by atoms with Gasteiger partial charge in [-0.05, 0) is 23.8 Å². The number of aromatic hydroxyl groups is 1. The summed E-state index contributed by atoms with van der Waals surface area (Å²) in [4.78, 5) is 0. The van der Waals surface area contributed by atoms with Crippen LogP contribution in [0.25, 0.3) is 33.3 Å². The van der Waals surface area contributed by atoms with Gasteiger partial charge in [-0.15, -0.1) is 10.2 Å². The van der Waals surface area contributed by atoms with Crippen molar-refractivity contribution < 1.29 is 5.11 Å². The Morgan fingerprint density at radius 3 is 2.29 bits per heavy atom. The molecule has 4 rings (SSSR count). The van der Waals surface area contributed by atoms with Crippen LogP contribution in [0.1, 0.15) is 0 Å². The Hall–Kier alpha value is -2.91. The van der Waals surface area contributed by atoms with Gasteiger partial charge in [0.2, 0.25) is 0 Å². The normalized spacial score (nSPS) is 10.9. The topological polar surface area (TPSA) is 46.0 Å². The largest absolute Gasteiger partial charge is 0.508 e. The molecule has 24 heavy (non-hydrogen) atoms. The van der Waals surface area contributed by atoms with Gasteiger partial charge in [-0.2, -0.15) is 0 Å². The minimum Gasteiger partial charge on any atom is -0.508 e. The third-order valence-electron chi connectivity index (χ3n) is 3.92. The van der Waals surface area contributed by atoms with Crippen LogP contribution in [0.15, 0.2) is 72.8 Å². The molecule has 116 valence electrons. The molecule has 0 atom stereocenters. The molecular formula is C20H13ClN2O. The van der Waals surface area contributed by atoms with Crippen molar-refractivity contribution in [3.8, 4) is 28.1 Å². The molecule has 0 aliphatic carbocycles. The molecule has 0 amide bonds. The Morgan fingerprint density at radius 1 is 0.750 bits per heavy atom. The first-order valence-electron chi connectivity index (χ1n) is 7.54. The van der Waals surface area contributed by atoms with E-state index in [2.05, 4.69) is 10.2 Å². The first kappa shape index (κ1) is 14.7. The molecule has 3 nitrogen and oxygen atoms in total. The molecule has 1 N–H and O–H groups in total. The number of rotatable bonds is 2. The van der Waals surface area contributed by atoms with Crippen molar-refractivity contribution >= 4 is 22.5 Å². The second kappa shape index (κ2) is 5.95. The van der Waals surface area contributed by atoms with Crippen LogP contribution in [0.2, 0.25) is 5.02 Å². The molecule has 0 saturated heterocycles. The first-order valence-corrected chi connectivity index (χ1v) is 7.91. The second-order valence-corrected chi connectivity index (χ2v) is 5.88. The number of phenolic OH excluding ortho intramolecular Hbond substituents is 1. The molecule has 0 unspecified atom stereocenters. The maximum atomic E-state index is 9.90. The Bertz CT molecular complexity index is 1030. The third-order valence-corrected chi connectivity index (χ3v) is 4.23. The highest BCUT2D eigenvalue weighted by Crippen LogP contribution is 2.38. The summed E-state index contributed by atoms with van der Waals surface area (Å²) < 4.78 is 0. The number of halogens is 1. The lowest BCUT2D eigenvalue weighted by Gasteiger charge is -2.13. The summed E-state index contributed by atoms with van der Waals surface area (Å²) in [7, 11) is 0. The van der Waals surface area contributed by atoms with Crippen LogP contribution in [0.3, 0.4) is 0 Å². The smallest absolute Gasteiger partial charge is 0.116 e. The van der Waals surface area contributed by atoms with Crippen molar-refractivity contribution in [3.05, 3.63) is 77.8 Å². The van der Waals surface area contributed by atoms with Gasteiger partial charge in [-0.3, -0.25) is 0 Å². The predicted octanol–water partition coefficient (Wildman–Crippen LogP) is 5.32. The van der Waals surface area contributed by atoms with E-state index in [1.54, 1.807) is 18.2 Å². The summed E-state index contributed by atoms with van der Waals surface area (Å²) in [6, 6.07) is 22.7. The summed E-state index contributed by atoms with van der Waals surface area (Å²) in [5.74, 6) is 0.207. The lowest BCUT2D eigenvalue weighted by Crippen LogP contribution is -1.95. The van der Waals surface area contributed by atoms with Crippen molar-refractivity contribution in [2.75, 3.05) is 0 Å². The van der Waals surface area contributed by atoms with Gasteiger partial charge in [-0.1, -0.05) is 66.2 Å². The van der Waals surface area contributed by atoms with Crippen molar-refractivity contribution in [1.82, 2.24) is 10.2 Å². The van der Waals surface area contributed by atoms with Crippen molar-refractivity contribution in [2.24, 2.45) is 0 Å². The van der Waals surface area contributed by atoms with Crippen LogP contribution in [0.5, 0.6) is 5.75 Å². The standard InChI is InChI=1S/C20H13ClN2O/c21-17-11-5-10-16-18(14-8-4-9-15(24)12-14)19(22-23-20(16)17)13-6-2-1-3-7-13/h1-12,24H. The van der Waals surface area contributed by atoms with Crippen LogP contribution in [-0.4, -0.2) is 15.3 Å². The molecule has 3 aromatic carbocycles. The van der Waals surface area contributed by atoms with Crippen molar-refractivity contribution in [2.45, 2.75) is 0 Å². The Kier molecular flexibility index (Phi) is 3.63. The van der Waals surface area contributed by atoms with Crippen molar-refractivity contribution in [3.63, 3.8) is 0 Å². The molecule has 1 aromatic heterocycles. The summed E-state index contributed by atoms with van der Waals surface area (Å²) in [6.45, 7) is 0. The van der Waals surface area contributed by atoms with E-state index in [1.807, 2.05) is 54.6 Å². The minimum atomic E-state index is 0.207. The number of phenols is 1. The van der Waals surface area contributed by atoms with Crippen LogP contribution in [0, 0.1) is 0 Å². The molecule has 1 heterocycles. The van der Waals surface area contributed by atoms with Gasteiger partial charge in [0.1, 0.15) is 17.0 Å². The molecule has 0 aliphatic heterocycles. The van der Waals surface area contributed by atoms with Gasteiger partial charge < -0.3 is 5.11 Å². The lowest BCUT2D eigenvalue weighted by atomic mass is 9.95. The highest BCUT2D eigenvalue weighted by Gasteiger charge is 2.16. The van der Waals surface area contributed by atoms with Gasteiger partial charge in [0, 0.05) is 16.5 Å². The summed E-state index contributed by atoms with van der Waals surface area (Å²) >= 11 is 6.29. The van der Waals surface area contributed by atoms with E-state index in [1.165, 1.54) is 0 Å². The van der Waals surface area contributed by atoms with Crippen LogP contribution in [-0.2, 0) is 0 Å². The highest BCUT2D eigenvalue weighted by molar-refractivity contribution is 6.35. The zero-order valence-electron chi connectivity index (χ0n) is 12.6.